The fraction of sp³-hybridized carbons (Fsp3) is 0.216. The number of β-amino-alcohol motifs (C(OH)–C–C–N with tert-alkyl or cyclic N) is 1. The first-order chi connectivity index (χ1) is 21.2. The summed E-state index contributed by atoms with van der Waals surface area (Å²) < 4.78 is 11.6. The quantitative estimate of drug-likeness (QED) is 0.191. The van der Waals surface area contributed by atoms with Gasteiger partial charge < -0.3 is 14.4 Å². The first-order valence-electron chi connectivity index (χ1n) is 14.9. The number of nitrogens with zero attached hydrogens (tertiary/aromatic N) is 3. The highest BCUT2D eigenvalue weighted by atomic mass is 16.5. The third-order valence-electron chi connectivity index (χ3n) is 7.85. The molecule has 0 saturated carbocycles. The van der Waals surface area contributed by atoms with Crippen molar-refractivity contribution in [2.45, 2.75) is 12.1 Å². The average molecular weight is 572 g/mol. The van der Waals surface area contributed by atoms with Gasteiger partial charge in [0, 0.05) is 49.9 Å². The minimum atomic E-state index is -0.592. The van der Waals surface area contributed by atoms with Crippen LogP contribution in [0, 0.1) is 0 Å². The fourth-order valence-corrected chi connectivity index (χ4v) is 5.66. The number of aromatic nitrogens is 1. The molecule has 1 unspecified atom stereocenters. The van der Waals surface area contributed by atoms with Gasteiger partial charge in [-0.25, -0.2) is 0 Å². The van der Waals surface area contributed by atoms with Crippen molar-refractivity contribution in [3.8, 4) is 17.0 Å². The van der Waals surface area contributed by atoms with E-state index in [1.807, 2.05) is 72.8 Å². The standard InChI is InChI=1S/C37H37N3O3/c41-33(27-39-22-24-40(25-23-39)37(31-15-6-2-7-16-31)32-17-8-3-9-18-32)28-42-36-19-11-10-14-30(36)20-21-34-26-35(38-43-34)29-12-4-1-5-13-29/h1-21,26,33,37,41H,22-25,27-28H2. The second kappa shape index (κ2) is 14.1. The Morgan fingerprint density at radius 2 is 1.35 bits per heavy atom. The number of rotatable bonds is 11. The Morgan fingerprint density at radius 1 is 0.744 bits per heavy atom. The molecule has 0 amide bonds. The molecule has 4 aromatic carbocycles. The van der Waals surface area contributed by atoms with Gasteiger partial charge in [-0.1, -0.05) is 114 Å². The van der Waals surface area contributed by atoms with Gasteiger partial charge in [0.25, 0.3) is 0 Å². The molecule has 1 fully saturated rings. The lowest BCUT2D eigenvalue weighted by molar-refractivity contribution is 0.0400. The molecule has 1 aromatic heterocycles. The van der Waals surface area contributed by atoms with Gasteiger partial charge in [-0.2, -0.15) is 0 Å². The van der Waals surface area contributed by atoms with Crippen molar-refractivity contribution in [1.82, 2.24) is 15.0 Å². The lowest BCUT2D eigenvalue weighted by Crippen LogP contribution is -2.50. The molecular weight excluding hydrogens is 534 g/mol. The van der Waals surface area contributed by atoms with Gasteiger partial charge in [-0.05, 0) is 29.3 Å². The molecule has 1 N–H and O–H groups in total. The first-order valence-corrected chi connectivity index (χ1v) is 14.9. The normalized spacial score (nSPS) is 15.2. The molecule has 6 rings (SSSR count). The zero-order valence-electron chi connectivity index (χ0n) is 24.2. The molecule has 6 heteroatoms. The molecule has 0 aliphatic carbocycles. The van der Waals surface area contributed by atoms with Gasteiger partial charge in [0.15, 0.2) is 5.76 Å². The van der Waals surface area contributed by atoms with E-state index in [4.69, 9.17) is 9.26 Å². The SMILES string of the molecule is OC(COc1ccccc1C=Cc1cc(-c2ccccc2)no1)CN1CCN(C(c2ccccc2)c2ccccc2)CC1. The van der Waals surface area contributed by atoms with Crippen molar-refractivity contribution in [2.75, 3.05) is 39.3 Å². The second-order valence-electron chi connectivity index (χ2n) is 10.9. The summed E-state index contributed by atoms with van der Waals surface area (Å²) in [6.45, 7) is 4.46. The number of hydrogen-bond acceptors (Lipinski definition) is 6. The Hall–Kier alpha value is -4.49. The number of piperazine rings is 1. The highest BCUT2D eigenvalue weighted by Gasteiger charge is 2.27. The van der Waals surface area contributed by atoms with E-state index in [9.17, 15) is 5.11 Å². The molecule has 218 valence electrons. The third-order valence-corrected chi connectivity index (χ3v) is 7.85. The maximum Gasteiger partial charge on any atom is 0.160 e. The van der Waals surface area contributed by atoms with Gasteiger partial charge in [0.2, 0.25) is 0 Å². The number of aliphatic hydroxyl groups excluding tert-OH is 1. The van der Waals surface area contributed by atoms with Gasteiger partial charge in [0.05, 0.1) is 6.04 Å². The van der Waals surface area contributed by atoms with Crippen LogP contribution in [0.15, 0.2) is 126 Å². The summed E-state index contributed by atoms with van der Waals surface area (Å²) in [5.41, 5.74) is 5.34. The van der Waals surface area contributed by atoms with E-state index < -0.39 is 6.10 Å². The molecule has 43 heavy (non-hydrogen) atoms. The average Bonchev–Trinajstić information content (AvgIpc) is 3.55. The highest BCUT2D eigenvalue weighted by molar-refractivity contribution is 5.72. The van der Waals surface area contributed by atoms with Crippen LogP contribution in [0.5, 0.6) is 5.75 Å². The van der Waals surface area contributed by atoms with Crippen LogP contribution in [0.1, 0.15) is 28.5 Å². The van der Waals surface area contributed by atoms with Crippen molar-refractivity contribution in [1.29, 1.82) is 0 Å². The monoisotopic (exact) mass is 571 g/mol. The van der Waals surface area contributed by atoms with E-state index in [0.29, 0.717) is 12.3 Å². The van der Waals surface area contributed by atoms with E-state index in [1.165, 1.54) is 11.1 Å². The predicted octanol–water partition coefficient (Wildman–Crippen LogP) is 6.66. The second-order valence-corrected chi connectivity index (χ2v) is 10.9. The smallest absolute Gasteiger partial charge is 0.160 e. The number of para-hydroxylation sites is 1. The lowest BCUT2D eigenvalue weighted by Gasteiger charge is -2.40. The summed E-state index contributed by atoms with van der Waals surface area (Å²) in [4.78, 5) is 4.88. The molecule has 1 aliphatic rings. The first kappa shape index (κ1) is 28.6. The molecule has 6 nitrogen and oxygen atoms in total. The molecule has 0 radical (unpaired) electrons. The topological polar surface area (TPSA) is 62.0 Å². The van der Waals surface area contributed by atoms with Crippen LogP contribution in [-0.4, -0.2) is 65.5 Å². The van der Waals surface area contributed by atoms with E-state index in [-0.39, 0.29) is 12.6 Å². The number of ether oxygens (including phenoxy) is 1. The van der Waals surface area contributed by atoms with Gasteiger partial charge in [-0.15, -0.1) is 0 Å². The highest BCUT2D eigenvalue weighted by Crippen LogP contribution is 2.29. The van der Waals surface area contributed by atoms with Crippen molar-refractivity contribution in [2.24, 2.45) is 0 Å². The van der Waals surface area contributed by atoms with Crippen LogP contribution in [0.2, 0.25) is 0 Å². The van der Waals surface area contributed by atoms with E-state index in [1.54, 1.807) is 0 Å². The Kier molecular flexibility index (Phi) is 9.40. The Balaban J connectivity index is 1.02. The maximum atomic E-state index is 10.9. The maximum absolute atomic E-state index is 10.9. The Morgan fingerprint density at radius 3 is 2.02 bits per heavy atom. The van der Waals surface area contributed by atoms with E-state index in [2.05, 4.69) is 75.6 Å². The number of benzene rings is 4. The van der Waals surface area contributed by atoms with Crippen LogP contribution in [0.25, 0.3) is 23.4 Å². The minimum absolute atomic E-state index is 0.224. The molecule has 1 saturated heterocycles. The number of hydrogen-bond donors (Lipinski definition) is 1. The Labute approximate surface area is 253 Å². The zero-order valence-corrected chi connectivity index (χ0v) is 24.2. The largest absolute Gasteiger partial charge is 0.490 e. The summed E-state index contributed by atoms with van der Waals surface area (Å²) in [5, 5.41) is 15.1. The van der Waals surface area contributed by atoms with Crippen LogP contribution in [0.4, 0.5) is 0 Å². The summed E-state index contributed by atoms with van der Waals surface area (Å²) in [5.74, 6) is 1.38. The van der Waals surface area contributed by atoms with Crippen molar-refractivity contribution in [3.05, 3.63) is 144 Å². The predicted molar refractivity (Wildman–Crippen MR) is 172 cm³/mol. The van der Waals surface area contributed by atoms with Crippen molar-refractivity contribution in [3.63, 3.8) is 0 Å². The molecule has 1 atom stereocenters. The third kappa shape index (κ3) is 7.48. The molecular formula is C37H37N3O3. The lowest BCUT2D eigenvalue weighted by atomic mass is 9.96. The zero-order chi connectivity index (χ0) is 29.3. The molecule has 2 heterocycles. The van der Waals surface area contributed by atoms with Crippen LogP contribution in [0.3, 0.4) is 0 Å². The van der Waals surface area contributed by atoms with Crippen molar-refractivity contribution >= 4 is 12.2 Å². The fourth-order valence-electron chi connectivity index (χ4n) is 5.66. The number of aliphatic hydroxyl groups is 1. The molecule has 0 spiro atoms. The summed E-state index contributed by atoms with van der Waals surface area (Å²) in [6.07, 6.45) is 3.24. The minimum Gasteiger partial charge on any atom is -0.490 e. The summed E-state index contributed by atoms with van der Waals surface area (Å²) in [7, 11) is 0. The van der Waals surface area contributed by atoms with Gasteiger partial charge in [-0.3, -0.25) is 9.80 Å². The van der Waals surface area contributed by atoms with Crippen LogP contribution >= 0.6 is 0 Å². The molecule has 0 bridgehead atoms. The van der Waals surface area contributed by atoms with E-state index >= 15 is 0 Å². The van der Waals surface area contributed by atoms with Crippen LogP contribution in [-0.2, 0) is 0 Å². The summed E-state index contributed by atoms with van der Waals surface area (Å²) in [6, 6.07) is 41.4. The van der Waals surface area contributed by atoms with E-state index in [0.717, 1.165) is 48.7 Å². The molecule has 1 aliphatic heterocycles. The van der Waals surface area contributed by atoms with Gasteiger partial charge in [0.1, 0.15) is 24.2 Å². The van der Waals surface area contributed by atoms with Crippen LogP contribution < -0.4 is 4.74 Å². The van der Waals surface area contributed by atoms with Crippen molar-refractivity contribution < 1.29 is 14.4 Å². The molecule has 5 aromatic rings. The van der Waals surface area contributed by atoms with Gasteiger partial charge >= 0.3 is 0 Å². The summed E-state index contributed by atoms with van der Waals surface area (Å²) >= 11 is 0. The Bertz CT molecular complexity index is 1540.